The van der Waals surface area contributed by atoms with Crippen LogP contribution in [-0.2, 0) is 14.3 Å². The molecule has 0 bridgehead atoms. The van der Waals surface area contributed by atoms with Crippen LogP contribution in [0.25, 0.3) is 11.0 Å². The van der Waals surface area contributed by atoms with Crippen LogP contribution in [-0.4, -0.2) is 58.6 Å². The summed E-state index contributed by atoms with van der Waals surface area (Å²) in [5, 5.41) is 0. The zero-order valence-electron chi connectivity index (χ0n) is 15.5. The van der Waals surface area contributed by atoms with Gasteiger partial charge in [0.05, 0.1) is 40.2 Å². The first-order chi connectivity index (χ1) is 12.3. The first kappa shape index (κ1) is 18.3. The van der Waals surface area contributed by atoms with Gasteiger partial charge in [0.1, 0.15) is 0 Å². The van der Waals surface area contributed by atoms with Crippen molar-refractivity contribution in [2.75, 3.05) is 19.7 Å². The molecule has 1 aromatic carbocycles. The number of rotatable bonds is 3. The molecule has 26 heavy (non-hydrogen) atoms. The Balaban J connectivity index is 1.65. The Kier molecular flexibility index (Phi) is 5.18. The molecule has 1 fully saturated rings. The molecule has 0 radical (unpaired) electrons. The fourth-order valence-corrected chi connectivity index (χ4v) is 3.04. The van der Waals surface area contributed by atoms with Gasteiger partial charge in [-0.15, -0.1) is 0 Å². The highest BCUT2D eigenvalue weighted by Crippen LogP contribution is 2.16. The van der Waals surface area contributed by atoms with Gasteiger partial charge in [-0.25, -0.2) is 14.8 Å². The number of fused-ring (bicyclic) bond motifs is 1. The average molecular weight is 357 g/mol. The van der Waals surface area contributed by atoms with E-state index in [0.717, 1.165) is 16.9 Å². The van der Waals surface area contributed by atoms with Crippen LogP contribution in [0.15, 0.2) is 18.2 Å². The molecule has 1 saturated heterocycles. The SMILES string of the molecule is Cc1nc2ccc(C(=O)OCC(=O)N3C[C@@H](C)O[C@H](C)C3)cc2nc1C. The number of nitrogens with zero attached hydrogens (tertiary/aromatic N) is 3. The molecular formula is C19H23N3O4. The molecule has 2 aromatic rings. The molecule has 7 heteroatoms. The van der Waals surface area contributed by atoms with Crippen molar-refractivity contribution in [1.29, 1.82) is 0 Å². The van der Waals surface area contributed by atoms with E-state index < -0.39 is 5.97 Å². The van der Waals surface area contributed by atoms with E-state index in [-0.39, 0.29) is 24.7 Å². The van der Waals surface area contributed by atoms with Crippen LogP contribution in [0.1, 0.15) is 35.6 Å². The van der Waals surface area contributed by atoms with Crippen LogP contribution in [0.4, 0.5) is 0 Å². The van der Waals surface area contributed by atoms with Crippen molar-refractivity contribution in [3.05, 3.63) is 35.2 Å². The van der Waals surface area contributed by atoms with E-state index in [1.807, 2.05) is 27.7 Å². The predicted molar refractivity (Wildman–Crippen MR) is 95.9 cm³/mol. The molecule has 138 valence electrons. The van der Waals surface area contributed by atoms with Gasteiger partial charge in [0, 0.05) is 13.1 Å². The summed E-state index contributed by atoms with van der Waals surface area (Å²) in [4.78, 5) is 35.1. The number of aromatic nitrogens is 2. The lowest BCUT2D eigenvalue weighted by atomic mass is 10.2. The minimum absolute atomic E-state index is 0.0239. The highest BCUT2D eigenvalue weighted by molar-refractivity contribution is 5.94. The molecule has 1 amide bonds. The van der Waals surface area contributed by atoms with E-state index in [2.05, 4.69) is 9.97 Å². The van der Waals surface area contributed by atoms with Crippen molar-refractivity contribution in [3.8, 4) is 0 Å². The summed E-state index contributed by atoms with van der Waals surface area (Å²) in [5.74, 6) is -0.762. The molecule has 2 atom stereocenters. The number of hydrogen-bond acceptors (Lipinski definition) is 6. The normalized spacial score (nSPS) is 20.2. The molecular weight excluding hydrogens is 334 g/mol. The molecule has 1 aliphatic rings. The lowest BCUT2D eigenvalue weighted by molar-refractivity contribution is -0.146. The van der Waals surface area contributed by atoms with Gasteiger partial charge in [-0.2, -0.15) is 0 Å². The Labute approximate surface area is 152 Å². The van der Waals surface area contributed by atoms with Crippen LogP contribution in [0.2, 0.25) is 0 Å². The molecule has 2 heterocycles. The van der Waals surface area contributed by atoms with Crippen molar-refractivity contribution in [1.82, 2.24) is 14.9 Å². The van der Waals surface area contributed by atoms with Crippen molar-refractivity contribution in [2.45, 2.75) is 39.9 Å². The smallest absolute Gasteiger partial charge is 0.338 e. The molecule has 7 nitrogen and oxygen atoms in total. The molecule has 0 aliphatic carbocycles. The van der Waals surface area contributed by atoms with E-state index in [1.54, 1.807) is 23.1 Å². The largest absolute Gasteiger partial charge is 0.452 e. The van der Waals surface area contributed by atoms with Crippen LogP contribution in [0.3, 0.4) is 0 Å². The van der Waals surface area contributed by atoms with Gasteiger partial charge in [-0.05, 0) is 45.9 Å². The fraction of sp³-hybridized carbons (Fsp3) is 0.474. The Bertz CT molecular complexity index is 842. The van der Waals surface area contributed by atoms with Crippen LogP contribution in [0.5, 0.6) is 0 Å². The molecule has 0 spiro atoms. The van der Waals surface area contributed by atoms with Crippen LogP contribution >= 0.6 is 0 Å². The number of aryl methyl sites for hydroxylation is 2. The van der Waals surface area contributed by atoms with Crippen molar-refractivity contribution in [3.63, 3.8) is 0 Å². The molecule has 3 rings (SSSR count). The van der Waals surface area contributed by atoms with E-state index >= 15 is 0 Å². The Hall–Kier alpha value is -2.54. The van der Waals surface area contributed by atoms with E-state index in [1.165, 1.54) is 0 Å². The Morgan fingerprint density at radius 1 is 1.12 bits per heavy atom. The summed E-state index contributed by atoms with van der Waals surface area (Å²) in [6.45, 7) is 8.33. The van der Waals surface area contributed by atoms with Gasteiger partial charge in [0.25, 0.3) is 5.91 Å². The van der Waals surface area contributed by atoms with Crippen molar-refractivity contribution >= 4 is 22.9 Å². The second-order valence-electron chi connectivity index (χ2n) is 6.73. The zero-order valence-corrected chi connectivity index (χ0v) is 15.5. The van der Waals surface area contributed by atoms with Crippen molar-refractivity contribution < 1.29 is 19.1 Å². The van der Waals surface area contributed by atoms with Gasteiger partial charge in [0.2, 0.25) is 0 Å². The highest BCUT2D eigenvalue weighted by atomic mass is 16.5. The summed E-state index contributed by atoms with van der Waals surface area (Å²) < 4.78 is 10.8. The number of ether oxygens (including phenoxy) is 2. The quantitative estimate of drug-likeness (QED) is 0.782. The van der Waals surface area contributed by atoms with Gasteiger partial charge in [-0.3, -0.25) is 4.79 Å². The lowest BCUT2D eigenvalue weighted by Crippen LogP contribution is -2.49. The van der Waals surface area contributed by atoms with Gasteiger partial charge in [-0.1, -0.05) is 0 Å². The van der Waals surface area contributed by atoms with E-state index in [4.69, 9.17) is 9.47 Å². The molecule has 1 aromatic heterocycles. The minimum Gasteiger partial charge on any atom is -0.452 e. The maximum Gasteiger partial charge on any atom is 0.338 e. The summed E-state index contributed by atoms with van der Waals surface area (Å²) in [6.07, 6.45) is -0.0479. The van der Waals surface area contributed by atoms with Crippen molar-refractivity contribution in [2.24, 2.45) is 0 Å². The molecule has 1 aliphatic heterocycles. The Morgan fingerprint density at radius 2 is 1.73 bits per heavy atom. The minimum atomic E-state index is -0.547. The topological polar surface area (TPSA) is 81.6 Å². The highest BCUT2D eigenvalue weighted by Gasteiger charge is 2.26. The summed E-state index contributed by atoms with van der Waals surface area (Å²) in [6, 6.07) is 5.01. The molecule has 0 saturated carbocycles. The monoisotopic (exact) mass is 357 g/mol. The third-order valence-corrected chi connectivity index (χ3v) is 4.41. The standard InChI is InChI=1S/C19H23N3O4/c1-11-8-22(9-12(2)26-11)18(23)10-25-19(24)15-5-6-16-17(7-15)21-14(4)13(3)20-16/h5-7,11-12H,8-10H2,1-4H3/t11-,12-/m1/s1. The Morgan fingerprint density at radius 3 is 2.38 bits per heavy atom. The number of amides is 1. The number of hydrogen-bond donors (Lipinski definition) is 0. The van der Waals surface area contributed by atoms with E-state index in [9.17, 15) is 9.59 Å². The van der Waals surface area contributed by atoms with Gasteiger partial charge < -0.3 is 14.4 Å². The summed E-state index contributed by atoms with van der Waals surface area (Å²) >= 11 is 0. The zero-order chi connectivity index (χ0) is 18.8. The summed E-state index contributed by atoms with van der Waals surface area (Å²) in [7, 11) is 0. The predicted octanol–water partition coefficient (Wildman–Crippen LogP) is 2.04. The average Bonchev–Trinajstić information content (AvgIpc) is 2.59. The maximum absolute atomic E-state index is 12.3. The van der Waals surface area contributed by atoms with Crippen LogP contribution in [0, 0.1) is 13.8 Å². The second kappa shape index (κ2) is 7.37. The number of morpholine rings is 1. The first-order valence-corrected chi connectivity index (χ1v) is 8.69. The summed E-state index contributed by atoms with van der Waals surface area (Å²) in [5.41, 5.74) is 3.37. The number of benzene rings is 1. The number of carbonyl (C=O) groups excluding carboxylic acids is 2. The van der Waals surface area contributed by atoms with Gasteiger partial charge >= 0.3 is 5.97 Å². The number of carbonyl (C=O) groups is 2. The fourth-order valence-electron chi connectivity index (χ4n) is 3.04. The maximum atomic E-state index is 12.3. The molecule has 0 N–H and O–H groups in total. The third kappa shape index (κ3) is 3.99. The lowest BCUT2D eigenvalue weighted by Gasteiger charge is -2.35. The van der Waals surface area contributed by atoms with E-state index in [0.29, 0.717) is 24.2 Å². The first-order valence-electron chi connectivity index (χ1n) is 8.69. The van der Waals surface area contributed by atoms with Gasteiger partial charge in [0.15, 0.2) is 6.61 Å². The van der Waals surface area contributed by atoms with Crippen LogP contribution < -0.4 is 0 Å². The molecule has 0 unspecified atom stereocenters. The third-order valence-electron chi connectivity index (χ3n) is 4.41. The number of esters is 1. The second-order valence-corrected chi connectivity index (χ2v) is 6.73.